The zero-order chi connectivity index (χ0) is 25.8. The Morgan fingerprint density at radius 3 is 2.64 bits per heavy atom. The van der Waals surface area contributed by atoms with E-state index in [9.17, 15) is 19.2 Å². The Labute approximate surface area is 210 Å². The lowest BCUT2D eigenvalue weighted by atomic mass is 10.1. The molecule has 2 aromatic carbocycles. The van der Waals surface area contributed by atoms with Crippen LogP contribution < -0.4 is 11.3 Å². The topological polar surface area (TPSA) is 140 Å². The van der Waals surface area contributed by atoms with Crippen LogP contribution in [0.3, 0.4) is 0 Å². The highest BCUT2D eigenvalue weighted by atomic mass is 32.1. The number of aromatic nitrogens is 3. The van der Waals surface area contributed by atoms with Gasteiger partial charge in [0.25, 0.3) is 11.8 Å². The maximum absolute atomic E-state index is 13.6. The van der Waals surface area contributed by atoms with Gasteiger partial charge >= 0.3 is 6.03 Å². The first-order valence-corrected chi connectivity index (χ1v) is 12.0. The van der Waals surface area contributed by atoms with Crippen molar-refractivity contribution in [3.8, 4) is 10.6 Å². The Morgan fingerprint density at radius 2 is 1.92 bits per heavy atom. The van der Waals surface area contributed by atoms with Crippen LogP contribution in [0.4, 0.5) is 4.79 Å². The molecule has 11 heteroatoms. The van der Waals surface area contributed by atoms with Crippen LogP contribution in [0.25, 0.3) is 21.3 Å². The summed E-state index contributed by atoms with van der Waals surface area (Å²) in [6.45, 7) is 3.31. The molecule has 1 radical (unpaired) electrons. The second-order valence-electron chi connectivity index (χ2n) is 7.97. The van der Waals surface area contributed by atoms with Crippen molar-refractivity contribution >= 4 is 46.2 Å². The van der Waals surface area contributed by atoms with Crippen LogP contribution in [0.5, 0.6) is 0 Å². The highest BCUT2D eigenvalue weighted by molar-refractivity contribution is 7.13. The number of amides is 3. The Bertz CT molecular complexity index is 1450. The normalized spacial score (nSPS) is 11.8. The third-order valence-electron chi connectivity index (χ3n) is 5.74. The van der Waals surface area contributed by atoms with Crippen molar-refractivity contribution in [3.05, 3.63) is 71.3 Å². The molecule has 10 nitrogen and oxygen atoms in total. The fourth-order valence-electron chi connectivity index (χ4n) is 3.93. The fourth-order valence-corrected chi connectivity index (χ4v) is 4.76. The summed E-state index contributed by atoms with van der Waals surface area (Å²) in [6.07, 6.45) is 3.66. The van der Waals surface area contributed by atoms with Crippen molar-refractivity contribution in [3.63, 3.8) is 0 Å². The molecule has 3 N–H and O–H groups in total. The van der Waals surface area contributed by atoms with Crippen LogP contribution in [-0.4, -0.2) is 49.6 Å². The summed E-state index contributed by atoms with van der Waals surface area (Å²) < 4.78 is 1.04. The third-order valence-corrected chi connectivity index (χ3v) is 6.62. The largest absolute Gasteiger partial charge is 0.341 e. The number of imidazole rings is 1. The number of hydrogen-bond donors (Lipinski definition) is 2. The Hall–Kier alpha value is -4.22. The van der Waals surface area contributed by atoms with Crippen LogP contribution in [0, 0.1) is 6.92 Å². The quantitative estimate of drug-likeness (QED) is 0.170. The van der Waals surface area contributed by atoms with E-state index in [1.807, 2.05) is 54.8 Å². The molecule has 0 aliphatic heterocycles. The standard InChI is InChI=1S/C25H23N6O4S/c1-3-7-17(12-32)31(24(34)21-15(2)30(14-27-21)25(35)29-26)23(33)20-13-36-22(28-20)19-11-6-9-16-8-4-5-10-18(16)19/h4-6,8-11,13-14,17H,3,7,26H2,1-2H3,(H,29,35)/t17-/m0/s1. The van der Waals surface area contributed by atoms with Gasteiger partial charge in [-0.05, 0) is 24.1 Å². The number of nitrogens with two attached hydrogens (primary N) is 1. The second kappa shape index (κ2) is 10.6. The first-order valence-electron chi connectivity index (χ1n) is 11.1. The molecule has 1 atom stereocenters. The molecule has 36 heavy (non-hydrogen) atoms. The molecule has 4 rings (SSSR count). The molecular weight excluding hydrogens is 480 g/mol. The highest BCUT2D eigenvalue weighted by Gasteiger charge is 2.35. The number of hydrogen-bond acceptors (Lipinski definition) is 8. The number of benzene rings is 2. The molecule has 0 saturated heterocycles. The van der Waals surface area contributed by atoms with Gasteiger partial charge in [-0.3, -0.25) is 29.3 Å². The molecule has 0 spiro atoms. The summed E-state index contributed by atoms with van der Waals surface area (Å²) in [5.41, 5.74) is 2.83. The number of rotatable bonds is 7. The van der Waals surface area contributed by atoms with Gasteiger partial charge in [-0.25, -0.2) is 20.6 Å². The average Bonchev–Trinajstić information content (AvgIpc) is 3.54. The second-order valence-corrected chi connectivity index (χ2v) is 8.82. The van der Waals surface area contributed by atoms with Crippen molar-refractivity contribution in [2.45, 2.75) is 32.7 Å². The minimum absolute atomic E-state index is 0.0180. The van der Waals surface area contributed by atoms with Crippen molar-refractivity contribution in [1.29, 1.82) is 0 Å². The maximum Gasteiger partial charge on any atom is 0.341 e. The number of carbonyl (C=O) groups excluding carboxylic acids is 4. The van der Waals surface area contributed by atoms with Crippen LogP contribution in [-0.2, 0) is 4.79 Å². The zero-order valence-electron chi connectivity index (χ0n) is 19.6. The number of nitrogens with one attached hydrogen (secondary N) is 1. The van der Waals surface area contributed by atoms with Gasteiger partial charge in [0.05, 0.1) is 5.69 Å². The van der Waals surface area contributed by atoms with Gasteiger partial charge in [-0.2, -0.15) is 0 Å². The molecule has 0 saturated carbocycles. The predicted molar refractivity (Wildman–Crippen MR) is 135 cm³/mol. The van der Waals surface area contributed by atoms with Crippen LogP contribution in [0.15, 0.2) is 54.2 Å². The first-order chi connectivity index (χ1) is 17.4. The smallest absolute Gasteiger partial charge is 0.288 e. The average molecular weight is 504 g/mol. The van der Waals surface area contributed by atoms with E-state index in [2.05, 4.69) is 9.97 Å². The lowest BCUT2D eigenvalue weighted by molar-refractivity contribution is 0.0572. The third kappa shape index (κ3) is 4.53. The zero-order valence-corrected chi connectivity index (χ0v) is 20.4. The number of thiazole rings is 1. The van der Waals surface area contributed by atoms with Crippen LogP contribution in [0.1, 0.15) is 46.4 Å². The van der Waals surface area contributed by atoms with Gasteiger partial charge in [-0.1, -0.05) is 55.8 Å². The number of imide groups is 1. The molecule has 2 aromatic heterocycles. The summed E-state index contributed by atoms with van der Waals surface area (Å²) >= 11 is 1.26. The van der Waals surface area contributed by atoms with E-state index in [1.165, 1.54) is 18.3 Å². The molecule has 0 aliphatic carbocycles. The molecule has 183 valence electrons. The summed E-state index contributed by atoms with van der Waals surface area (Å²) in [7, 11) is 0. The van der Waals surface area contributed by atoms with Gasteiger partial charge in [0.15, 0.2) is 0 Å². The lowest BCUT2D eigenvalue weighted by Gasteiger charge is -2.24. The molecule has 4 aromatic rings. The first kappa shape index (κ1) is 24.9. The summed E-state index contributed by atoms with van der Waals surface area (Å²) in [4.78, 5) is 60.2. The monoisotopic (exact) mass is 503 g/mol. The van der Waals surface area contributed by atoms with Crippen LogP contribution in [0.2, 0.25) is 0 Å². The fraction of sp³-hybridized carbons (Fsp3) is 0.200. The van der Waals surface area contributed by atoms with Crippen molar-refractivity contribution in [2.75, 3.05) is 0 Å². The van der Waals surface area contributed by atoms with Gasteiger partial charge < -0.3 is 0 Å². The SMILES string of the molecule is CCC[C@@H]([C]=O)N(C(=O)c1csc(-c2cccc3ccccc23)n1)C(=O)c1ncn(C(=O)NN)c1C. The number of nitrogen functional groups attached to an aromatic ring is 1. The molecule has 3 amide bonds. The summed E-state index contributed by atoms with van der Waals surface area (Å²) in [6, 6.07) is 11.8. The minimum Gasteiger partial charge on any atom is -0.288 e. The van der Waals surface area contributed by atoms with E-state index < -0.39 is 23.9 Å². The number of carbonyl (C=O) groups is 3. The van der Waals surface area contributed by atoms with Gasteiger partial charge in [0.1, 0.15) is 28.8 Å². The van der Waals surface area contributed by atoms with Gasteiger partial charge in [0.2, 0.25) is 6.29 Å². The maximum atomic E-state index is 13.6. The van der Waals surface area contributed by atoms with Crippen molar-refractivity contribution < 1.29 is 19.2 Å². The van der Waals surface area contributed by atoms with E-state index >= 15 is 0 Å². The van der Waals surface area contributed by atoms with Crippen LogP contribution >= 0.6 is 11.3 Å². The highest BCUT2D eigenvalue weighted by Crippen LogP contribution is 2.31. The van der Waals surface area contributed by atoms with E-state index in [4.69, 9.17) is 5.84 Å². The summed E-state index contributed by atoms with van der Waals surface area (Å²) in [5, 5.41) is 4.16. The van der Waals surface area contributed by atoms with Crippen molar-refractivity contribution in [1.82, 2.24) is 24.9 Å². The molecule has 0 bridgehead atoms. The summed E-state index contributed by atoms with van der Waals surface area (Å²) in [5.74, 6) is 3.60. The lowest BCUT2D eigenvalue weighted by Crippen LogP contribution is -2.46. The number of hydrazine groups is 1. The molecule has 2 heterocycles. The molecule has 0 aliphatic rings. The molecule has 0 unspecified atom stereocenters. The number of fused-ring (bicyclic) bond motifs is 1. The van der Waals surface area contributed by atoms with Gasteiger partial charge in [0, 0.05) is 10.9 Å². The molecular formula is C25H23N6O4S. The minimum atomic E-state index is -1.15. The van der Waals surface area contributed by atoms with Crippen molar-refractivity contribution in [2.24, 2.45) is 5.84 Å². The van der Waals surface area contributed by atoms with Gasteiger partial charge in [-0.15, -0.1) is 11.3 Å². The Morgan fingerprint density at radius 1 is 1.17 bits per heavy atom. The predicted octanol–water partition coefficient (Wildman–Crippen LogP) is 3.46. The molecule has 0 fully saturated rings. The van der Waals surface area contributed by atoms with E-state index in [1.54, 1.807) is 11.7 Å². The van der Waals surface area contributed by atoms with E-state index in [0.29, 0.717) is 11.4 Å². The van der Waals surface area contributed by atoms with E-state index in [0.717, 1.165) is 32.1 Å². The van der Waals surface area contributed by atoms with E-state index in [-0.39, 0.29) is 23.5 Å². The Kier molecular flexibility index (Phi) is 7.32. The Balaban J connectivity index is 1.73. The number of nitrogens with zero attached hydrogens (tertiary/aromatic N) is 4.